The van der Waals surface area contributed by atoms with Crippen molar-refractivity contribution in [3.05, 3.63) is 23.9 Å². The van der Waals surface area contributed by atoms with Gasteiger partial charge in [0.2, 0.25) is 5.91 Å². The molecule has 1 aliphatic carbocycles. The first-order valence-electron chi connectivity index (χ1n) is 7.77. The van der Waals surface area contributed by atoms with Gasteiger partial charge in [0, 0.05) is 25.3 Å². The molecule has 1 amide bonds. The van der Waals surface area contributed by atoms with Crippen LogP contribution in [0, 0.1) is 17.2 Å². The van der Waals surface area contributed by atoms with Gasteiger partial charge in [0.1, 0.15) is 18.0 Å². The highest BCUT2D eigenvalue weighted by Crippen LogP contribution is 2.25. The van der Waals surface area contributed by atoms with Gasteiger partial charge in [-0.25, -0.2) is 4.98 Å². The molecule has 1 saturated heterocycles. The summed E-state index contributed by atoms with van der Waals surface area (Å²) >= 11 is 0. The molecule has 1 unspecified atom stereocenters. The number of aliphatic hydroxyl groups is 1. The summed E-state index contributed by atoms with van der Waals surface area (Å²) in [5.41, 5.74) is 0.547. The predicted octanol–water partition coefficient (Wildman–Crippen LogP) is 0.809. The summed E-state index contributed by atoms with van der Waals surface area (Å²) in [5, 5.41) is 21.8. The van der Waals surface area contributed by atoms with Crippen LogP contribution < -0.4 is 10.2 Å². The van der Waals surface area contributed by atoms with Crippen LogP contribution >= 0.6 is 0 Å². The molecule has 116 valence electrons. The van der Waals surface area contributed by atoms with E-state index in [1.54, 1.807) is 12.3 Å². The molecule has 0 radical (unpaired) electrons. The van der Waals surface area contributed by atoms with Crippen molar-refractivity contribution in [3.63, 3.8) is 0 Å². The molecule has 3 rings (SSSR count). The zero-order chi connectivity index (χ0) is 15.5. The lowest BCUT2D eigenvalue weighted by atomic mass is 9.90. The summed E-state index contributed by atoms with van der Waals surface area (Å²) in [6.45, 7) is 1.52. The van der Waals surface area contributed by atoms with E-state index < -0.39 is 6.10 Å². The molecule has 1 aromatic rings. The van der Waals surface area contributed by atoms with Gasteiger partial charge in [-0.3, -0.25) is 4.79 Å². The first kappa shape index (κ1) is 14.8. The number of carbonyl (C=O) groups is 1. The Labute approximate surface area is 129 Å². The Morgan fingerprint density at radius 1 is 1.36 bits per heavy atom. The minimum atomic E-state index is -0.906. The lowest BCUT2D eigenvalue weighted by Gasteiger charge is -2.34. The molecule has 1 atom stereocenters. The Bertz CT molecular complexity index is 569. The highest BCUT2D eigenvalue weighted by molar-refractivity contribution is 5.81. The van der Waals surface area contributed by atoms with Crippen molar-refractivity contribution in [1.29, 1.82) is 5.26 Å². The summed E-state index contributed by atoms with van der Waals surface area (Å²) in [6, 6.07) is 5.93. The molecule has 0 bridgehead atoms. The number of hydrogen-bond acceptors (Lipinski definition) is 5. The highest BCUT2D eigenvalue weighted by atomic mass is 16.3. The Morgan fingerprint density at radius 3 is 2.64 bits per heavy atom. The maximum Gasteiger partial charge on any atom is 0.249 e. The van der Waals surface area contributed by atoms with Crippen molar-refractivity contribution in [3.8, 4) is 6.07 Å². The average molecular weight is 300 g/mol. The second kappa shape index (κ2) is 6.32. The summed E-state index contributed by atoms with van der Waals surface area (Å²) < 4.78 is 0. The summed E-state index contributed by atoms with van der Waals surface area (Å²) in [4.78, 5) is 18.3. The van der Waals surface area contributed by atoms with Gasteiger partial charge < -0.3 is 15.3 Å². The van der Waals surface area contributed by atoms with E-state index in [1.807, 2.05) is 6.07 Å². The lowest BCUT2D eigenvalue weighted by molar-refractivity contribution is -0.132. The first-order chi connectivity index (χ1) is 10.7. The number of pyridine rings is 1. The second-order valence-corrected chi connectivity index (χ2v) is 6.07. The topological polar surface area (TPSA) is 89.3 Å². The number of nitrogens with one attached hydrogen (secondary N) is 1. The van der Waals surface area contributed by atoms with Crippen molar-refractivity contribution in [1.82, 2.24) is 10.3 Å². The van der Waals surface area contributed by atoms with Crippen molar-refractivity contribution >= 4 is 11.7 Å². The third kappa shape index (κ3) is 3.37. The third-order valence-corrected chi connectivity index (χ3v) is 4.38. The van der Waals surface area contributed by atoms with Gasteiger partial charge in [-0.2, -0.15) is 5.26 Å². The fourth-order valence-electron chi connectivity index (χ4n) is 2.81. The van der Waals surface area contributed by atoms with Crippen LogP contribution in [-0.4, -0.2) is 41.2 Å². The maximum atomic E-state index is 11.9. The Kier molecular flexibility index (Phi) is 4.25. The van der Waals surface area contributed by atoms with E-state index >= 15 is 0 Å². The minimum absolute atomic E-state index is 0.00776. The largest absolute Gasteiger partial charge is 0.383 e. The molecule has 6 heteroatoms. The molecular formula is C16H20N4O2. The first-order valence-corrected chi connectivity index (χ1v) is 7.77. The van der Waals surface area contributed by atoms with E-state index in [2.05, 4.69) is 21.3 Å². The summed E-state index contributed by atoms with van der Waals surface area (Å²) in [7, 11) is 0. The monoisotopic (exact) mass is 300 g/mol. The van der Waals surface area contributed by atoms with E-state index in [0.29, 0.717) is 5.56 Å². The molecule has 6 nitrogen and oxygen atoms in total. The van der Waals surface area contributed by atoms with Crippen LogP contribution in [0.3, 0.4) is 0 Å². The van der Waals surface area contributed by atoms with Crippen molar-refractivity contribution in [2.24, 2.45) is 5.92 Å². The van der Waals surface area contributed by atoms with E-state index in [4.69, 9.17) is 5.26 Å². The summed E-state index contributed by atoms with van der Waals surface area (Å²) in [5.74, 6) is 0.625. The van der Waals surface area contributed by atoms with Crippen molar-refractivity contribution < 1.29 is 9.90 Å². The number of carbonyl (C=O) groups excluding carboxylic acids is 1. The van der Waals surface area contributed by atoms with E-state index in [9.17, 15) is 9.90 Å². The standard InChI is InChI=1S/C16H20N4O2/c17-9-11-1-4-14(18-10-11)20-7-5-12(6-8-20)15(21)16(22)19-13-2-3-13/h1,4,10,12-13,15,21H,2-3,5-8H2,(H,19,22). The number of hydrogen-bond donors (Lipinski definition) is 2. The Balaban J connectivity index is 1.52. The van der Waals surface area contributed by atoms with E-state index in [0.717, 1.165) is 44.6 Å². The zero-order valence-electron chi connectivity index (χ0n) is 12.4. The molecule has 0 aromatic carbocycles. The van der Waals surface area contributed by atoms with Crippen LogP contribution in [0.1, 0.15) is 31.2 Å². The van der Waals surface area contributed by atoms with Gasteiger partial charge in [-0.1, -0.05) is 0 Å². The van der Waals surface area contributed by atoms with Gasteiger partial charge in [-0.15, -0.1) is 0 Å². The van der Waals surface area contributed by atoms with Gasteiger partial charge >= 0.3 is 0 Å². The van der Waals surface area contributed by atoms with Gasteiger partial charge in [-0.05, 0) is 43.7 Å². The number of aliphatic hydroxyl groups excluding tert-OH is 1. The van der Waals surface area contributed by atoms with Crippen molar-refractivity contribution in [2.75, 3.05) is 18.0 Å². The molecule has 2 aliphatic rings. The number of aromatic nitrogens is 1. The van der Waals surface area contributed by atoms with Gasteiger partial charge in [0.15, 0.2) is 0 Å². The molecule has 1 aliphatic heterocycles. The van der Waals surface area contributed by atoms with Crippen LogP contribution in [0.2, 0.25) is 0 Å². The quantitative estimate of drug-likeness (QED) is 0.859. The third-order valence-electron chi connectivity index (χ3n) is 4.38. The normalized spacial score (nSPS) is 20.3. The number of amides is 1. The Morgan fingerprint density at radius 2 is 2.09 bits per heavy atom. The molecule has 2 fully saturated rings. The molecule has 2 N–H and O–H groups in total. The molecular weight excluding hydrogens is 280 g/mol. The lowest BCUT2D eigenvalue weighted by Crippen LogP contribution is -2.45. The van der Waals surface area contributed by atoms with Gasteiger partial charge in [0.25, 0.3) is 0 Å². The van der Waals surface area contributed by atoms with E-state index in [-0.39, 0.29) is 17.9 Å². The number of piperidine rings is 1. The molecule has 1 aromatic heterocycles. The SMILES string of the molecule is N#Cc1ccc(N2CCC(C(O)C(=O)NC3CC3)CC2)nc1. The highest BCUT2D eigenvalue weighted by Gasteiger charge is 2.33. The molecule has 2 heterocycles. The smallest absolute Gasteiger partial charge is 0.249 e. The fourth-order valence-corrected chi connectivity index (χ4v) is 2.81. The van der Waals surface area contributed by atoms with Crippen LogP contribution in [0.15, 0.2) is 18.3 Å². The number of anilines is 1. The van der Waals surface area contributed by atoms with Crippen LogP contribution in [-0.2, 0) is 4.79 Å². The van der Waals surface area contributed by atoms with Gasteiger partial charge in [0.05, 0.1) is 5.56 Å². The van der Waals surface area contributed by atoms with Crippen molar-refractivity contribution in [2.45, 2.75) is 37.8 Å². The van der Waals surface area contributed by atoms with Crippen LogP contribution in [0.25, 0.3) is 0 Å². The fraction of sp³-hybridized carbons (Fsp3) is 0.562. The average Bonchev–Trinajstić information content (AvgIpc) is 3.38. The molecule has 22 heavy (non-hydrogen) atoms. The number of nitriles is 1. The minimum Gasteiger partial charge on any atom is -0.383 e. The zero-order valence-corrected chi connectivity index (χ0v) is 12.4. The predicted molar refractivity (Wildman–Crippen MR) is 81.1 cm³/mol. The van der Waals surface area contributed by atoms with Crippen LogP contribution in [0.4, 0.5) is 5.82 Å². The van der Waals surface area contributed by atoms with E-state index in [1.165, 1.54) is 0 Å². The molecule has 1 saturated carbocycles. The number of rotatable bonds is 4. The molecule has 0 spiro atoms. The Hall–Kier alpha value is -2.13. The second-order valence-electron chi connectivity index (χ2n) is 6.07. The number of nitrogens with zero attached hydrogens (tertiary/aromatic N) is 3. The van der Waals surface area contributed by atoms with Crippen LogP contribution in [0.5, 0.6) is 0 Å². The summed E-state index contributed by atoms with van der Waals surface area (Å²) in [6.07, 6.45) is 4.25. The maximum absolute atomic E-state index is 11.9.